The molecule has 1 aromatic rings. The quantitative estimate of drug-likeness (QED) is 0.622. The van der Waals surface area contributed by atoms with Crippen molar-refractivity contribution in [2.75, 3.05) is 0 Å². The molecule has 0 aliphatic heterocycles. The standard InChI is InChI=1S/C15H20/c1-12-8-9-15(10-13(12)2)11-14-6-4-3-5-7-14/h3-7,15H,8-11H2,1-2H3. The summed E-state index contributed by atoms with van der Waals surface area (Å²) in [6.07, 6.45) is 5.24. The molecule has 0 N–H and O–H groups in total. The van der Waals surface area contributed by atoms with Gasteiger partial charge in [-0.05, 0) is 51.0 Å². The Morgan fingerprint density at radius 1 is 1.07 bits per heavy atom. The van der Waals surface area contributed by atoms with Gasteiger partial charge >= 0.3 is 0 Å². The second-order valence-corrected chi connectivity index (χ2v) is 4.86. The zero-order valence-electron chi connectivity index (χ0n) is 9.79. The monoisotopic (exact) mass is 200 g/mol. The van der Waals surface area contributed by atoms with E-state index in [0.29, 0.717) is 0 Å². The minimum atomic E-state index is 0.871. The predicted molar refractivity (Wildman–Crippen MR) is 65.9 cm³/mol. The van der Waals surface area contributed by atoms with Crippen molar-refractivity contribution in [3.8, 4) is 0 Å². The second-order valence-electron chi connectivity index (χ2n) is 4.86. The van der Waals surface area contributed by atoms with Crippen molar-refractivity contribution in [1.29, 1.82) is 0 Å². The summed E-state index contributed by atoms with van der Waals surface area (Å²) in [5.41, 5.74) is 4.75. The van der Waals surface area contributed by atoms with Crippen molar-refractivity contribution in [1.82, 2.24) is 0 Å². The van der Waals surface area contributed by atoms with Crippen LogP contribution < -0.4 is 0 Å². The highest BCUT2D eigenvalue weighted by Crippen LogP contribution is 2.30. The van der Waals surface area contributed by atoms with E-state index in [4.69, 9.17) is 0 Å². The SMILES string of the molecule is CC1=C(C)CC(Cc2ccccc2)CC1. The lowest BCUT2D eigenvalue weighted by molar-refractivity contribution is 0.452. The summed E-state index contributed by atoms with van der Waals surface area (Å²) in [5, 5.41) is 0. The van der Waals surface area contributed by atoms with Crippen LogP contribution >= 0.6 is 0 Å². The van der Waals surface area contributed by atoms with Gasteiger partial charge in [0.15, 0.2) is 0 Å². The van der Waals surface area contributed by atoms with Crippen LogP contribution in [-0.2, 0) is 6.42 Å². The van der Waals surface area contributed by atoms with Crippen molar-refractivity contribution in [2.24, 2.45) is 5.92 Å². The van der Waals surface area contributed by atoms with Gasteiger partial charge in [0.25, 0.3) is 0 Å². The maximum absolute atomic E-state index is 2.30. The first kappa shape index (κ1) is 10.5. The molecule has 1 aliphatic rings. The van der Waals surface area contributed by atoms with Gasteiger partial charge in [-0.25, -0.2) is 0 Å². The molecule has 1 aromatic carbocycles. The van der Waals surface area contributed by atoms with Crippen molar-refractivity contribution < 1.29 is 0 Å². The summed E-state index contributed by atoms with van der Waals surface area (Å²) in [6.45, 7) is 4.58. The Morgan fingerprint density at radius 3 is 2.47 bits per heavy atom. The van der Waals surface area contributed by atoms with Crippen LogP contribution in [0.3, 0.4) is 0 Å². The molecule has 0 spiro atoms. The third-order valence-corrected chi connectivity index (χ3v) is 3.62. The minimum Gasteiger partial charge on any atom is -0.0744 e. The molecule has 0 saturated heterocycles. The molecule has 0 aromatic heterocycles. The molecule has 1 aliphatic carbocycles. The van der Waals surface area contributed by atoms with E-state index >= 15 is 0 Å². The fourth-order valence-corrected chi connectivity index (χ4v) is 2.46. The highest BCUT2D eigenvalue weighted by atomic mass is 14.2. The normalized spacial score (nSPS) is 21.9. The third kappa shape index (κ3) is 2.71. The summed E-state index contributed by atoms with van der Waals surface area (Å²) < 4.78 is 0. The summed E-state index contributed by atoms with van der Waals surface area (Å²) in [6, 6.07) is 10.9. The molecule has 0 saturated carbocycles. The molecule has 0 nitrogen and oxygen atoms in total. The maximum atomic E-state index is 2.30. The van der Waals surface area contributed by atoms with E-state index in [9.17, 15) is 0 Å². The van der Waals surface area contributed by atoms with Gasteiger partial charge in [0, 0.05) is 0 Å². The zero-order chi connectivity index (χ0) is 10.7. The first-order chi connectivity index (χ1) is 7.25. The minimum absolute atomic E-state index is 0.871. The first-order valence-electron chi connectivity index (χ1n) is 5.95. The third-order valence-electron chi connectivity index (χ3n) is 3.62. The molecule has 2 rings (SSSR count). The summed E-state index contributed by atoms with van der Waals surface area (Å²) in [4.78, 5) is 0. The molecule has 0 fully saturated rings. The lowest BCUT2D eigenvalue weighted by atomic mass is 9.82. The second kappa shape index (κ2) is 4.65. The van der Waals surface area contributed by atoms with E-state index in [-0.39, 0.29) is 0 Å². The van der Waals surface area contributed by atoms with Gasteiger partial charge in [-0.1, -0.05) is 41.5 Å². The number of hydrogen-bond acceptors (Lipinski definition) is 0. The largest absolute Gasteiger partial charge is 0.0744 e. The Hall–Kier alpha value is -1.04. The Morgan fingerprint density at radius 2 is 1.80 bits per heavy atom. The van der Waals surface area contributed by atoms with Crippen LogP contribution in [0.4, 0.5) is 0 Å². The van der Waals surface area contributed by atoms with Gasteiger partial charge in [0.1, 0.15) is 0 Å². The van der Waals surface area contributed by atoms with Gasteiger partial charge in [0.05, 0.1) is 0 Å². The predicted octanol–water partition coefficient (Wildman–Crippen LogP) is 4.37. The van der Waals surface area contributed by atoms with Gasteiger partial charge in [-0.15, -0.1) is 0 Å². The summed E-state index contributed by atoms with van der Waals surface area (Å²) >= 11 is 0. The van der Waals surface area contributed by atoms with Crippen LogP contribution in [0, 0.1) is 5.92 Å². The summed E-state index contributed by atoms with van der Waals surface area (Å²) in [7, 11) is 0. The molecule has 0 amide bonds. The highest BCUT2D eigenvalue weighted by Gasteiger charge is 2.16. The van der Waals surface area contributed by atoms with Gasteiger partial charge in [0.2, 0.25) is 0 Å². The fourth-order valence-electron chi connectivity index (χ4n) is 2.46. The average Bonchev–Trinajstić information content (AvgIpc) is 2.25. The van der Waals surface area contributed by atoms with Crippen molar-refractivity contribution in [2.45, 2.75) is 39.5 Å². The maximum Gasteiger partial charge on any atom is -0.0247 e. The topological polar surface area (TPSA) is 0 Å². The van der Waals surface area contributed by atoms with Gasteiger partial charge < -0.3 is 0 Å². The Kier molecular flexibility index (Phi) is 3.25. The number of allylic oxidation sites excluding steroid dienone is 2. The molecular weight excluding hydrogens is 180 g/mol. The van der Waals surface area contributed by atoms with Crippen LogP contribution in [-0.4, -0.2) is 0 Å². The van der Waals surface area contributed by atoms with Gasteiger partial charge in [-0.3, -0.25) is 0 Å². The van der Waals surface area contributed by atoms with Crippen LogP contribution in [0.15, 0.2) is 41.5 Å². The van der Waals surface area contributed by atoms with Crippen molar-refractivity contribution in [3.63, 3.8) is 0 Å². The molecule has 15 heavy (non-hydrogen) atoms. The average molecular weight is 200 g/mol. The van der Waals surface area contributed by atoms with E-state index in [2.05, 4.69) is 44.2 Å². The molecule has 0 heterocycles. The first-order valence-corrected chi connectivity index (χ1v) is 5.95. The van der Waals surface area contributed by atoms with Crippen LogP contribution in [0.1, 0.15) is 38.7 Å². The van der Waals surface area contributed by atoms with E-state index in [1.807, 2.05) is 0 Å². The highest BCUT2D eigenvalue weighted by molar-refractivity contribution is 5.18. The van der Waals surface area contributed by atoms with E-state index in [0.717, 1.165) is 5.92 Å². The molecular formula is C15H20. The van der Waals surface area contributed by atoms with Crippen molar-refractivity contribution >= 4 is 0 Å². The van der Waals surface area contributed by atoms with E-state index in [1.54, 1.807) is 11.1 Å². The van der Waals surface area contributed by atoms with Crippen LogP contribution in [0.25, 0.3) is 0 Å². The van der Waals surface area contributed by atoms with Crippen LogP contribution in [0.2, 0.25) is 0 Å². The molecule has 0 radical (unpaired) electrons. The fraction of sp³-hybridized carbons (Fsp3) is 0.467. The molecule has 0 heteroatoms. The van der Waals surface area contributed by atoms with Gasteiger partial charge in [-0.2, -0.15) is 0 Å². The van der Waals surface area contributed by atoms with Crippen LogP contribution in [0.5, 0.6) is 0 Å². The Labute approximate surface area is 93.0 Å². The molecule has 1 unspecified atom stereocenters. The lowest BCUT2D eigenvalue weighted by Crippen LogP contribution is -2.11. The Bertz CT molecular complexity index is 346. The van der Waals surface area contributed by atoms with Crippen molar-refractivity contribution in [3.05, 3.63) is 47.0 Å². The summed E-state index contributed by atoms with van der Waals surface area (Å²) in [5.74, 6) is 0.871. The molecule has 0 bridgehead atoms. The molecule has 80 valence electrons. The molecule has 1 atom stereocenters. The number of hydrogen-bond donors (Lipinski definition) is 0. The number of rotatable bonds is 2. The number of benzene rings is 1. The smallest absolute Gasteiger partial charge is 0.0247 e. The van der Waals surface area contributed by atoms with E-state index < -0.39 is 0 Å². The van der Waals surface area contributed by atoms with E-state index in [1.165, 1.54) is 31.2 Å². The Balaban J connectivity index is 1.98. The lowest BCUT2D eigenvalue weighted by Gasteiger charge is -2.24. The zero-order valence-corrected chi connectivity index (χ0v) is 9.79.